The van der Waals surface area contributed by atoms with Crippen molar-refractivity contribution in [2.75, 3.05) is 39.2 Å². The molecule has 2 heterocycles. The topological polar surface area (TPSA) is 76.1 Å². The molecule has 0 bridgehead atoms. The van der Waals surface area contributed by atoms with Crippen molar-refractivity contribution in [3.8, 4) is 11.5 Å². The Bertz CT molecular complexity index is 928. The summed E-state index contributed by atoms with van der Waals surface area (Å²) in [6.07, 6.45) is 3.02. The Hall–Kier alpha value is -2.09. The Labute approximate surface area is 172 Å². The van der Waals surface area contributed by atoms with Gasteiger partial charge in [-0.25, -0.2) is 12.7 Å². The number of nitrogens with zero attached hydrogens (tertiary/aromatic N) is 1. The van der Waals surface area contributed by atoms with Crippen LogP contribution in [0.15, 0.2) is 48.5 Å². The SMILES string of the molecule is CS(=O)(=O)N1CC(COc2ccc(C3(c4ccc(O)cc4)CCOCC3)cc2)C1. The first-order valence-corrected chi connectivity index (χ1v) is 11.8. The standard InChI is InChI=1S/C22H27NO5S/c1-29(25,26)23-14-17(15-23)16-28-21-8-4-19(5-9-21)22(10-12-27-13-11-22)18-2-6-20(24)7-3-18/h2-9,17,24H,10-16H2,1H3. The van der Waals surface area contributed by atoms with E-state index in [0.717, 1.165) is 18.6 Å². The number of aromatic hydroxyl groups is 1. The molecule has 156 valence electrons. The maximum atomic E-state index is 11.4. The second kappa shape index (κ2) is 7.97. The highest BCUT2D eigenvalue weighted by Gasteiger charge is 2.36. The fraction of sp³-hybridized carbons (Fsp3) is 0.455. The lowest BCUT2D eigenvalue weighted by atomic mass is 9.69. The first kappa shape index (κ1) is 20.2. The van der Waals surface area contributed by atoms with E-state index in [-0.39, 0.29) is 17.1 Å². The average molecular weight is 418 g/mol. The molecule has 4 rings (SSSR count). The van der Waals surface area contributed by atoms with Crippen molar-refractivity contribution in [1.29, 1.82) is 0 Å². The van der Waals surface area contributed by atoms with Crippen LogP contribution in [0.5, 0.6) is 11.5 Å². The van der Waals surface area contributed by atoms with Gasteiger partial charge in [0.05, 0.1) is 12.9 Å². The molecule has 0 amide bonds. The van der Waals surface area contributed by atoms with E-state index in [9.17, 15) is 13.5 Å². The van der Waals surface area contributed by atoms with Gasteiger partial charge in [0.25, 0.3) is 0 Å². The van der Waals surface area contributed by atoms with Crippen LogP contribution < -0.4 is 4.74 Å². The Balaban J connectivity index is 1.45. The molecule has 6 nitrogen and oxygen atoms in total. The second-order valence-corrected chi connectivity index (χ2v) is 10.0. The maximum absolute atomic E-state index is 11.4. The van der Waals surface area contributed by atoms with Gasteiger partial charge in [0.2, 0.25) is 10.0 Å². The highest BCUT2D eigenvalue weighted by Crippen LogP contribution is 2.42. The molecular formula is C22H27NO5S. The molecule has 2 aromatic rings. The predicted molar refractivity (Wildman–Crippen MR) is 111 cm³/mol. The number of hydrogen-bond acceptors (Lipinski definition) is 5. The highest BCUT2D eigenvalue weighted by atomic mass is 32.2. The van der Waals surface area contributed by atoms with E-state index in [2.05, 4.69) is 12.1 Å². The average Bonchev–Trinajstić information content (AvgIpc) is 2.67. The van der Waals surface area contributed by atoms with Gasteiger partial charge in [0.1, 0.15) is 11.5 Å². The van der Waals surface area contributed by atoms with Crippen molar-refractivity contribution in [3.05, 3.63) is 59.7 Å². The zero-order valence-corrected chi connectivity index (χ0v) is 17.4. The molecule has 0 spiro atoms. The molecule has 0 aliphatic carbocycles. The van der Waals surface area contributed by atoms with Crippen LogP contribution in [0, 0.1) is 5.92 Å². The smallest absolute Gasteiger partial charge is 0.211 e. The van der Waals surface area contributed by atoms with Crippen molar-refractivity contribution in [2.24, 2.45) is 5.92 Å². The van der Waals surface area contributed by atoms with Crippen LogP contribution in [-0.4, -0.2) is 57.0 Å². The number of sulfonamides is 1. The molecule has 2 aliphatic heterocycles. The molecule has 1 N–H and O–H groups in total. The van der Waals surface area contributed by atoms with E-state index >= 15 is 0 Å². The Kier molecular flexibility index (Phi) is 5.55. The third-order valence-electron chi connectivity index (χ3n) is 6.05. The number of benzene rings is 2. The van der Waals surface area contributed by atoms with Gasteiger partial charge in [-0.2, -0.15) is 0 Å². The first-order chi connectivity index (χ1) is 13.9. The number of hydrogen-bond donors (Lipinski definition) is 1. The van der Waals surface area contributed by atoms with E-state index in [1.54, 1.807) is 12.1 Å². The summed E-state index contributed by atoms with van der Waals surface area (Å²) < 4.78 is 35.9. The summed E-state index contributed by atoms with van der Waals surface area (Å²) in [4.78, 5) is 0. The van der Waals surface area contributed by atoms with Gasteiger partial charge in [-0.3, -0.25) is 0 Å². The fourth-order valence-corrected chi connectivity index (χ4v) is 5.19. The van der Waals surface area contributed by atoms with E-state index < -0.39 is 10.0 Å². The highest BCUT2D eigenvalue weighted by molar-refractivity contribution is 7.88. The summed E-state index contributed by atoms with van der Waals surface area (Å²) >= 11 is 0. The monoisotopic (exact) mass is 417 g/mol. The van der Waals surface area contributed by atoms with Crippen LogP contribution in [0.2, 0.25) is 0 Å². The van der Waals surface area contributed by atoms with E-state index in [0.29, 0.717) is 32.9 Å². The number of ether oxygens (including phenoxy) is 2. The van der Waals surface area contributed by atoms with Crippen molar-refractivity contribution in [3.63, 3.8) is 0 Å². The fourth-order valence-electron chi connectivity index (χ4n) is 4.23. The van der Waals surface area contributed by atoms with Crippen molar-refractivity contribution in [1.82, 2.24) is 4.31 Å². The van der Waals surface area contributed by atoms with Crippen LogP contribution >= 0.6 is 0 Å². The molecule has 2 aliphatic rings. The van der Waals surface area contributed by atoms with Gasteiger partial charge < -0.3 is 14.6 Å². The predicted octanol–water partition coefficient (Wildman–Crippen LogP) is 2.76. The molecule has 0 radical (unpaired) electrons. The van der Waals surface area contributed by atoms with Crippen molar-refractivity contribution < 1.29 is 23.0 Å². The zero-order valence-electron chi connectivity index (χ0n) is 16.6. The molecule has 0 aromatic heterocycles. The summed E-state index contributed by atoms with van der Waals surface area (Å²) in [6.45, 7) is 2.99. The molecule has 7 heteroatoms. The molecule has 29 heavy (non-hydrogen) atoms. The van der Waals surface area contributed by atoms with E-state index in [1.165, 1.54) is 21.7 Å². The van der Waals surface area contributed by atoms with Crippen molar-refractivity contribution >= 4 is 10.0 Å². The molecular weight excluding hydrogens is 390 g/mol. The molecule has 2 fully saturated rings. The quantitative estimate of drug-likeness (QED) is 0.782. The van der Waals surface area contributed by atoms with Gasteiger partial charge >= 0.3 is 0 Å². The van der Waals surface area contributed by atoms with Crippen molar-refractivity contribution in [2.45, 2.75) is 18.3 Å². The Morgan fingerprint density at radius 2 is 1.59 bits per heavy atom. The van der Waals surface area contributed by atoms with Gasteiger partial charge in [-0.1, -0.05) is 24.3 Å². The van der Waals surface area contributed by atoms with Crippen LogP contribution in [-0.2, 0) is 20.2 Å². The lowest BCUT2D eigenvalue weighted by Gasteiger charge is -2.38. The summed E-state index contributed by atoms with van der Waals surface area (Å²) in [5, 5.41) is 9.66. The molecule has 0 saturated carbocycles. The van der Waals surface area contributed by atoms with Gasteiger partial charge in [0.15, 0.2) is 0 Å². The minimum atomic E-state index is -3.08. The first-order valence-electron chi connectivity index (χ1n) is 9.92. The van der Waals surface area contributed by atoms with Gasteiger partial charge in [0, 0.05) is 37.6 Å². The Morgan fingerprint density at radius 1 is 1.03 bits per heavy atom. The van der Waals surface area contributed by atoms with E-state index in [4.69, 9.17) is 9.47 Å². The molecule has 0 atom stereocenters. The normalized spacial score (nSPS) is 20.2. The van der Waals surface area contributed by atoms with Crippen LogP contribution in [0.4, 0.5) is 0 Å². The third-order valence-corrected chi connectivity index (χ3v) is 7.29. The lowest BCUT2D eigenvalue weighted by Crippen LogP contribution is -2.51. The summed E-state index contributed by atoms with van der Waals surface area (Å²) in [5.74, 6) is 1.30. The van der Waals surface area contributed by atoms with E-state index in [1.807, 2.05) is 24.3 Å². The molecule has 0 unspecified atom stereocenters. The zero-order chi connectivity index (χ0) is 20.5. The second-order valence-electron chi connectivity index (χ2n) is 8.02. The molecule has 2 aromatic carbocycles. The van der Waals surface area contributed by atoms with Gasteiger partial charge in [-0.05, 0) is 48.2 Å². The number of phenols is 1. The maximum Gasteiger partial charge on any atom is 0.211 e. The van der Waals surface area contributed by atoms with Crippen LogP contribution in [0.3, 0.4) is 0 Å². The third kappa shape index (κ3) is 4.27. The van der Waals surface area contributed by atoms with Gasteiger partial charge in [-0.15, -0.1) is 0 Å². The summed E-state index contributed by atoms with van der Waals surface area (Å²) in [7, 11) is -3.08. The summed E-state index contributed by atoms with van der Waals surface area (Å²) in [6, 6.07) is 15.7. The van der Waals surface area contributed by atoms with Crippen LogP contribution in [0.1, 0.15) is 24.0 Å². The number of rotatable bonds is 6. The Morgan fingerprint density at radius 3 is 2.14 bits per heavy atom. The summed E-state index contributed by atoms with van der Waals surface area (Å²) in [5.41, 5.74) is 2.27. The minimum Gasteiger partial charge on any atom is -0.508 e. The largest absolute Gasteiger partial charge is 0.508 e. The molecule has 2 saturated heterocycles. The minimum absolute atomic E-state index is 0.131. The number of phenolic OH excluding ortho intramolecular Hbond substituents is 1. The van der Waals surface area contributed by atoms with Crippen LogP contribution in [0.25, 0.3) is 0 Å². The lowest BCUT2D eigenvalue weighted by molar-refractivity contribution is 0.0630.